The summed E-state index contributed by atoms with van der Waals surface area (Å²) in [5.41, 5.74) is 3.72. The van der Waals surface area contributed by atoms with Crippen LogP contribution in [-0.2, 0) is 10.0 Å². The summed E-state index contributed by atoms with van der Waals surface area (Å²) in [6.45, 7) is 5.80. The summed E-state index contributed by atoms with van der Waals surface area (Å²) < 4.78 is 23.1. The molecule has 0 saturated carbocycles. The summed E-state index contributed by atoms with van der Waals surface area (Å²) in [6, 6.07) is 13.5. The van der Waals surface area contributed by atoms with Crippen molar-refractivity contribution in [3.63, 3.8) is 0 Å². The summed E-state index contributed by atoms with van der Waals surface area (Å²) in [4.78, 5) is 0.156. The van der Waals surface area contributed by atoms with E-state index in [0.29, 0.717) is 5.56 Å². The van der Waals surface area contributed by atoms with Crippen LogP contribution in [0.15, 0.2) is 47.4 Å². The van der Waals surface area contributed by atoms with E-state index < -0.39 is 10.0 Å². The molecule has 0 bridgehead atoms. The number of aryl methyl sites for hydroxylation is 2. The van der Waals surface area contributed by atoms with E-state index in [2.05, 4.69) is 29.6 Å². The Morgan fingerprint density at radius 3 is 2.24 bits per heavy atom. The zero-order valence-electron chi connectivity index (χ0n) is 12.4. The van der Waals surface area contributed by atoms with Crippen LogP contribution in [0.3, 0.4) is 0 Å². The lowest BCUT2D eigenvalue weighted by Gasteiger charge is -2.17. The summed E-state index contributed by atoms with van der Waals surface area (Å²) in [6.07, 6.45) is 0. The van der Waals surface area contributed by atoms with Crippen LogP contribution in [0.4, 0.5) is 5.69 Å². The molecule has 2 rings (SSSR count). The van der Waals surface area contributed by atoms with Crippen molar-refractivity contribution in [2.75, 3.05) is 5.32 Å². The fourth-order valence-corrected chi connectivity index (χ4v) is 2.99. The molecule has 0 amide bonds. The van der Waals surface area contributed by atoms with Gasteiger partial charge in [0, 0.05) is 11.7 Å². The molecule has 0 aliphatic rings. The molecule has 0 aromatic heterocycles. The van der Waals surface area contributed by atoms with E-state index in [1.165, 1.54) is 5.56 Å². The molecule has 1 unspecified atom stereocenters. The Labute approximate surface area is 126 Å². The molecule has 0 aliphatic heterocycles. The Kier molecular flexibility index (Phi) is 4.34. The molecule has 4 nitrogen and oxygen atoms in total. The van der Waals surface area contributed by atoms with Crippen LogP contribution in [0.1, 0.15) is 29.7 Å². The van der Waals surface area contributed by atoms with Crippen molar-refractivity contribution in [1.82, 2.24) is 0 Å². The molecule has 112 valence electrons. The number of rotatable bonds is 4. The van der Waals surface area contributed by atoms with Crippen LogP contribution < -0.4 is 10.5 Å². The van der Waals surface area contributed by atoms with Gasteiger partial charge in [-0.15, -0.1) is 0 Å². The van der Waals surface area contributed by atoms with Crippen LogP contribution in [0.2, 0.25) is 0 Å². The summed E-state index contributed by atoms with van der Waals surface area (Å²) in [5, 5.41) is 8.53. The first-order valence-corrected chi connectivity index (χ1v) is 8.28. The SMILES string of the molecule is Cc1ccc(C(C)Nc2ccc(C)c(S(N)(=O)=O)c2)cc1. The number of primary sulfonamides is 1. The molecule has 2 aromatic carbocycles. The van der Waals surface area contributed by atoms with E-state index in [0.717, 1.165) is 11.3 Å². The van der Waals surface area contributed by atoms with E-state index >= 15 is 0 Å². The molecule has 0 fully saturated rings. The highest BCUT2D eigenvalue weighted by atomic mass is 32.2. The molecular weight excluding hydrogens is 284 g/mol. The van der Waals surface area contributed by atoms with E-state index in [-0.39, 0.29) is 10.9 Å². The van der Waals surface area contributed by atoms with E-state index in [1.54, 1.807) is 19.1 Å². The molecule has 0 aliphatic carbocycles. The fourth-order valence-electron chi connectivity index (χ4n) is 2.18. The molecule has 0 heterocycles. The second-order valence-corrected chi connectivity index (χ2v) is 6.83. The van der Waals surface area contributed by atoms with Gasteiger partial charge in [-0.25, -0.2) is 13.6 Å². The van der Waals surface area contributed by atoms with Crippen molar-refractivity contribution in [1.29, 1.82) is 0 Å². The summed E-state index contributed by atoms with van der Waals surface area (Å²) >= 11 is 0. The first kappa shape index (κ1) is 15.5. The van der Waals surface area contributed by atoms with Gasteiger partial charge in [0.2, 0.25) is 10.0 Å². The van der Waals surface area contributed by atoms with Gasteiger partial charge in [-0.05, 0) is 44.0 Å². The highest BCUT2D eigenvalue weighted by molar-refractivity contribution is 7.89. The smallest absolute Gasteiger partial charge is 0.238 e. The van der Waals surface area contributed by atoms with Crippen molar-refractivity contribution in [3.05, 3.63) is 59.2 Å². The van der Waals surface area contributed by atoms with Gasteiger partial charge < -0.3 is 5.32 Å². The third-order valence-electron chi connectivity index (χ3n) is 3.46. The quantitative estimate of drug-likeness (QED) is 0.911. The second-order valence-electron chi connectivity index (χ2n) is 5.30. The maximum absolute atomic E-state index is 11.5. The van der Waals surface area contributed by atoms with Gasteiger partial charge in [-0.3, -0.25) is 0 Å². The fraction of sp³-hybridized carbons (Fsp3) is 0.250. The van der Waals surface area contributed by atoms with Crippen molar-refractivity contribution in [2.24, 2.45) is 5.14 Å². The molecule has 0 radical (unpaired) electrons. The van der Waals surface area contributed by atoms with Gasteiger partial charge in [0.15, 0.2) is 0 Å². The number of nitrogens with two attached hydrogens (primary N) is 1. The van der Waals surface area contributed by atoms with Gasteiger partial charge >= 0.3 is 0 Å². The summed E-state index contributed by atoms with van der Waals surface area (Å²) in [7, 11) is -3.70. The minimum absolute atomic E-state index is 0.0710. The van der Waals surface area contributed by atoms with Crippen molar-refractivity contribution in [3.8, 4) is 0 Å². The van der Waals surface area contributed by atoms with Crippen LogP contribution in [0, 0.1) is 13.8 Å². The molecule has 0 spiro atoms. The van der Waals surface area contributed by atoms with Crippen LogP contribution in [0.25, 0.3) is 0 Å². The zero-order valence-corrected chi connectivity index (χ0v) is 13.2. The van der Waals surface area contributed by atoms with Gasteiger partial charge in [0.1, 0.15) is 0 Å². The number of nitrogens with one attached hydrogen (secondary N) is 1. The third kappa shape index (κ3) is 3.83. The second kappa shape index (κ2) is 5.87. The predicted molar refractivity (Wildman–Crippen MR) is 85.8 cm³/mol. The number of sulfonamides is 1. The van der Waals surface area contributed by atoms with Gasteiger partial charge in [0.05, 0.1) is 4.90 Å². The van der Waals surface area contributed by atoms with E-state index in [1.807, 2.05) is 19.9 Å². The standard InChI is InChI=1S/C16H20N2O2S/c1-11-4-7-14(8-5-11)13(3)18-15-9-6-12(2)16(10-15)21(17,19)20/h4-10,13,18H,1-3H3,(H2,17,19,20). The minimum atomic E-state index is -3.70. The van der Waals surface area contributed by atoms with Crippen LogP contribution >= 0.6 is 0 Å². The maximum Gasteiger partial charge on any atom is 0.238 e. The molecule has 1 atom stereocenters. The van der Waals surface area contributed by atoms with E-state index in [4.69, 9.17) is 5.14 Å². The molecule has 21 heavy (non-hydrogen) atoms. The molecule has 5 heteroatoms. The number of hydrogen-bond donors (Lipinski definition) is 2. The zero-order chi connectivity index (χ0) is 15.6. The Hall–Kier alpha value is -1.85. The van der Waals surface area contributed by atoms with Gasteiger partial charge in [-0.2, -0.15) is 0 Å². The van der Waals surface area contributed by atoms with Crippen molar-refractivity contribution >= 4 is 15.7 Å². The van der Waals surface area contributed by atoms with Crippen LogP contribution in [0.5, 0.6) is 0 Å². The number of benzene rings is 2. The molecule has 2 aromatic rings. The van der Waals surface area contributed by atoms with Crippen LogP contribution in [-0.4, -0.2) is 8.42 Å². The Bertz CT molecular complexity index is 737. The van der Waals surface area contributed by atoms with E-state index in [9.17, 15) is 8.42 Å². The average molecular weight is 304 g/mol. The highest BCUT2D eigenvalue weighted by Crippen LogP contribution is 2.23. The number of hydrogen-bond acceptors (Lipinski definition) is 3. The van der Waals surface area contributed by atoms with Gasteiger partial charge in [-0.1, -0.05) is 35.9 Å². The maximum atomic E-state index is 11.5. The lowest BCUT2D eigenvalue weighted by Crippen LogP contribution is -2.14. The Morgan fingerprint density at radius 2 is 1.67 bits per heavy atom. The third-order valence-corrected chi connectivity index (χ3v) is 4.51. The molecule has 0 saturated heterocycles. The Morgan fingerprint density at radius 1 is 1.05 bits per heavy atom. The monoisotopic (exact) mass is 304 g/mol. The molecule has 3 N–H and O–H groups in total. The first-order chi connectivity index (χ1) is 9.77. The van der Waals surface area contributed by atoms with Crippen molar-refractivity contribution < 1.29 is 8.42 Å². The minimum Gasteiger partial charge on any atom is -0.378 e. The summed E-state index contributed by atoms with van der Waals surface area (Å²) in [5.74, 6) is 0. The lowest BCUT2D eigenvalue weighted by molar-refractivity contribution is 0.597. The number of anilines is 1. The largest absolute Gasteiger partial charge is 0.378 e. The lowest BCUT2D eigenvalue weighted by atomic mass is 10.1. The van der Waals surface area contributed by atoms with Crippen molar-refractivity contribution in [2.45, 2.75) is 31.7 Å². The predicted octanol–water partition coefficient (Wildman–Crippen LogP) is 3.12. The normalized spacial score (nSPS) is 13.0. The highest BCUT2D eigenvalue weighted by Gasteiger charge is 2.13. The topological polar surface area (TPSA) is 72.2 Å². The van der Waals surface area contributed by atoms with Gasteiger partial charge in [0.25, 0.3) is 0 Å². The average Bonchev–Trinajstić information content (AvgIpc) is 2.40. The Balaban J connectivity index is 2.26. The molecular formula is C16H20N2O2S. The first-order valence-electron chi connectivity index (χ1n) is 6.74.